The van der Waals surface area contributed by atoms with E-state index < -0.39 is 36.4 Å². The number of amides is 1. The van der Waals surface area contributed by atoms with Gasteiger partial charge in [-0.1, -0.05) is 11.6 Å². The lowest BCUT2D eigenvalue weighted by Crippen LogP contribution is -2.69. The van der Waals surface area contributed by atoms with Crippen LogP contribution in [0.4, 0.5) is 0 Å². The van der Waals surface area contributed by atoms with Crippen molar-refractivity contribution in [2.45, 2.75) is 57.2 Å². The molecule has 0 saturated carbocycles. The minimum absolute atomic E-state index is 0.252. The van der Waals surface area contributed by atoms with Crippen LogP contribution in [0.1, 0.15) is 20.8 Å². The van der Waals surface area contributed by atoms with Gasteiger partial charge in [-0.15, -0.1) is 0 Å². The normalized spacial score (nSPS) is 34.0. The Kier molecular flexibility index (Phi) is 5.22. The molecule has 0 radical (unpaired) electrons. The first-order valence-electron chi connectivity index (χ1n) is 8.10. The molecule has 0 unspecified atom stereocenters. The van der Waals surface area contributed by atoms with Gasteiger partial charge in [0.1, 0.15) is 30.1 Å². The highest BCUT2D eigenvalue weighted by atomic mass is 35.5. The standard InChI is InChI=1S/C17H22ClNO6/c1-9(20)19-13-14(21)15-12(8-22-17(2,3)25-15)24-16(13)23-11-6-4-10(18)5-7-11/h4-7,12-16,21H,8H2,1-3H3,(H,19,20)/t12-,13+,14+,15+,16-/m1/s1. The van der Waals surface area contributed by atoms with E-state index in [-0.39, 0.29) is 12.5 Å². The number of carbonyl (C=O) groups is 1. The number of nitrogens with one attached hydrogen (secondary N) is 1. The molecule has 1 aromatic rings. The molecular weight excluding hydrogens is 350 g/mol. The smallest absolute Gasteiger partial charge is 0.223 e. The van der Waals surface area contributed by atoms with Crippen molar-refractivity contribution in [2.24, 2.45) is 0 Å². The third-order valence-corrected chi connectivity index (χ3v) is 4.38. The second kappa shape index (κ2) is 7.09. The van der Waals surface area contributed by atoms with Gasteiger partial charge in [-0.2, -0.15) is 0 Å². The molecule has 2 aliphatic rings. The van der Waals surface area contributed by atoms with Crippen LogP contribution in [0, 0.1) is 0 Å². The third kappa shape index (κ3) is 4.24. The predicted molar refractivity (Wildman–Crippen MR) is 89.3 cm³/mol. The number of hydrogen-bond donors (Lipinski definition) is 2. The van der Waals surface area contributed by atoms with E-state index in [2.05, 4.69) is 5.32 Å². The Hall–Kier alpha value is -1.38. The zero-order valence-electron chi connectivity index (χ0n) is 14.3. The van der Waals surface area contributed by atoms with Crippen molar-refractivity contribution in [2.75, 3.05) is 6.61 Å². The van der Waals surface area contributed by atoms with E-state index in [1.807, 2.05) is 0 Å². The van der Waals surface area contributed by atoms with E-state index in [0.717, 1.165) is 0 Å². The summed E-state index contributed by atoms with van der Waals surface area (Å²) in [6, 6.07) is 5.95. The van der Waals surface area contributed by atoms with Crippen LogP contribution in [0.25, 0.3) is 0 Å². The highest BCUT2D eigenvalue weighted by Crippen LogP contribution is 2.33. The van der Waals surface area contributed by atoms with E-state index in [1.54, 1.807) is 38.1 Å². The fourth-order valence-electron chi connectivity index (χ4n) is 2.98. The van der Waals surface area contributed by atoms with Gasteiger partial charge in [-0.05, 0) is 38.1 Å². The molecule has 2 fully saturated rings. The van der Waals surface area contributed by atoms with Gasteiger partial charge in [-0.3, -0.25) is 4.79 Å². The molecule has 1 aromatic carbocycles. The molecule has 7 nitrogen and oxygen atoms in total. The van der Waals surface area contributed by atoms with E-state index in [9.17, 15) is 9.90 Å². The van der Waals surface area contributed by atoms with Crippen LogP contribution in [0.5, 0.6) is 5.75 Å². The Bertz CT molecular complexity index is 622. The minimum Gasteiger partial charge on any atom is -0.463 e. The molecule has 2 N–H and O–H groups in total. The number of rotatable bonds is 3. The van der Waals surface area contributed by atoms with Crippen molar-refractivity contribution in [1.29, 1.82) is 0 Å². The van der Waals surface area contributed by atoms with Crippen molar-refractivity contribution in [1.82, 2.24) is 5.32 Å². The van der Waals surface area contributed by atoms with Gasteiger partial charge < -0.3 is 29.4 Å². The summed E-state index contributed by atoms with van der Waals surface area (Å²) in [5, 5.41) is 14.0. The largest absolute Gasteiger partial charge is 0.463 e. The van der Waals surface area contributed by atoms with Gasteiger partial charge in [0.05, 0.1) is 6.61 Å². The molecular formula is C17H22ClNO6. The molecule has 138 valence electrons. The summed E-state index contributed by atoms with van der Waals surface area (Å²) in [5.41, 5.74) is 0. The summed E-state index contributed by atoms with van der Waals surface area (Å²) in [6.07, 6.45) is -3.05. The van der Waals surface area contributed by atoms with Crippen LogP contribution in [-0.2, 0) is 19.0 Å². The van der Waals surface area contributed by atoms with E-state index in [1.165, 1.54) is 6.92 Å². The number of benzene rings is 1. The van der Waals surface area contributed by atoms with Crippen molar-refractivity contribution >= 4 is 17.5 Å². The van der Waals surface area contributed by atoms with E-state index >= 15 is 0 Å². The summed E-state index contributed by atoms with van der Waals surface area (Å²) in [6.45, 7) is 5.15. The van der Waals surface area contributed by atoms with Gasteiger partial charge in [-0.25, -0.2) is 0 Å². The molecule has 0 aromatic heterocycles. The average molecular weight is 372 g/mol. The lowest BCUT2D eigenvalue weighted by Gasteiger charge is -2.49. The lowest BCUT2D eigenvalue weighted by atomic mass is 9.95. The van der Waals surface area contributed by atoms with Crippen LogP contribution in [0.15, 0.2) is 24.3 Å². The minimum atomic E-state index is -1.01. The van der Waals surface area contributed by atoms with Gasteiger partial charge in [0, 0.05) is 11.9 Å². The fraction of sp³-hybridized carbons (Fsp3) is 0.588. The van der Waals surface area contributed by atoms with Crippen LogP contribution in [0.2, 0.25) is 5.02 Å². The Morgan fingerprint density at radius 3 is 2.68 bits per heavy atom. The molecule has 2 aliphatic heterocycles. The lowest BCUT2D eigenvalue weighted by molar-refractivity contribution is -0.361. The molecule has 0 spiro atoms. The molecule has 2 saturated heterocycles. The van der Waals surface area contributed by atoms with Crippen molar-refractivity contribution in [3.05, 3.63) is 29.3 Å². The molecule has 2 heterocycles. The first-order chi connectivity index (χ1) is 11.7. The second-order valence-electron chi connectivity index (χ2n) is 6.62. The third-order valence-electron chi connectivity index (χ3n) is 4.12. The van der Waals surface area contributed by atoms with Gasteiger partial charge in [0.25, 0.3) is 0 Å². The van der Waals surface area contributed by atoms with Crippen LogP contribution >= 0.6 is 11.6 Å². The van der Waals surface area contributed by atoms with Crippen LogP contribution < -0.4 is 10.1 Å². The number of fused-ring (bicyclic) bond motifs is 1. The van der Waals surface area contributed by atoms with Crippen LogP contribution in [-0.4, -0.2) is 54.1 Å². The highest BCUT2D eigenvalue weighted by Gasteiger charge is 2.52. The molecule has 5 atom stereocenters. The van der Waals surface area contributed by atoms with Gasteiger partial charge in [0.15, 0.2) is 5.79 Å². The molecule has 25 heavy (non-hydrogen) atoms. The van der Waals surface area contributed by atoms with E-state index in [0.29, 0.717) is 10.8 Å². The Labute approximate surface area is 151 Å². The Morgan fingerprint density at radius 2 is 2.04 bits per heavy atom. The topological polar surface area (TPSA) is 86.3 Å². The number of aliphatic hydroxyl groups is 1. The maximum absolute atomic E-state index is 11.6. The SMILES string of the molecule is CC(=O)N[C@@H]1[C@H](Oc2ccc(Cl)cc2)O[C@@H]2COC(C)(C)O[C@@H]2[C@H]1O. The maximum atomic E-state index is 11.6. The zero-order chi connectivity index (χ0) is 18.2. The first kappa shape index (κ1) is 18.4. The van der Waals surface area contributed by atoms with E-state index in [4.69, 9.17) is 30.5 Å². The predicted octanol–water partition coefficient (Wildman–Crippen LogP) is 1.46. The summed E-state index contributed by atoms with van der Waals surface area (Å²) in [5.74, 6) is -0.633. The quantitative estimate of drug-likeness (QED) is 0.836. The number of hydrogen-bond acceptors (Lipinski definition) is 6. The Balaban J connectivity index is 1.80. The summed E-state index contributed by atoms with van der Waals surface area (Å²) in [7, 11) is 0. The van der Waals surface area contributed by atoms with Crippen molar-refractivity contribution in [3.63, 3.8) is 0 Å². The number of halogens is 1. The van der Waals surface area contributed by atoms with Crippen molar-refractivity contribution in [3.8, 4) is 5.75 Å². The average Bonchev–Trinajstić information content (AvgIpc) is 2.53. The number of aliphatic hydroxyl groups excluding tert-OH is 1. The molecule has 3 rings (SSSR count). The molecule has 0 bridgehead atoms. The van der Waals surface area contributed by atoms with Gasteiger partial charge in [0.2, 0.25) is 12.2 Å². The monoisotopic (exact) mass is 371 g/mol. The molecule has 0 aliphatic carbocycles. The maximum Gasteiger partial charge on any atom is 0.223 e. The molecule has 8 heteroatoms. The Morgan fingerprint density at radius 1 is 1.36 bits per heavy atom. The first-order valence-corrected chi connectivity index (χ1v) is 8.47. The van der Waals surface area contributed by atoms with Crippen LogP contribution in [0.3, 0.4) is 0 Å². The number of ether oxygens (including phenoxy) is 4. The fourth-order valence-corrected chi connectivity index (χ4v) is 3.11. The summed E-state index contributed by atoms with van der Waals surface area (Å²) >= 11 is 5.88. The highest BCUT2D eigenvalue weighted by molar-refractivity contribution is 6.30. The zero-order valence-corrected chi connectivity index (χ0v) is 15.0. The van der Waals surface area contributed by atoms with Crippen molar-refractivity contribution < 1.29 is 28.8 Å². The summed E-state index contributed by atoms with van der Waals surface area (Å²) in [4.78, 5) is 11.6. The second-order valence-corrected chi connectivity index (χ2v) is 7.06. The summed E-state index contributed by atoms with van der Waals surface area (Å²) < 4.78 is 23.1. The number of carbonyl (C=O) groups excluding carboxylic acids is 1. The molecule has 1 amide bonds. The van der Waals surface area contributed by atoms with Gasteiger partial charge >= 0.3 is 0 Å².